The smallest absolute Gasteiger partial charge is 0.0659 e. The maximum absolute atomic E-state index is 4.62. The van der Waals surface area contributed by atoms with E-state index in [-0.39, 0.29) is 30.3 Å². The van der Waals surface area contributed by atoms with Crippen LogP contribution in [0.5, 0.6) is 0 Å². The second-order valence-corrected chi connectivity index (χ2v) is 12.0. The van der Waals surface area contributed by atoms with Crippen LogP contribution in [0.15, 0.2) is 72.8 Å². The van der Waals surface area contributed by atoms with Gasteiger partial charge in [0.1, 0.15) is 0 Å². The fourth-order valence-electron chi connectivity index (χ4n) is 4.40. The van der Waals surface area contributed by atoms with E-state index in [1.807, 2.05) is 42.5 Å². The molecule has 2 aliphatic rings. The SMILES string of the molecule is C1=Cc2cc3ccc(cc4ccc(cc5nc(cc1n2)C=C5)[nH]4)[nH]3.CC(C)(C)c1cccc(C(C)(C)C)c1.[Zn]. The molecule has 5 heterocycles. The molecule has 0 radical (unpaired) electrons. The van der Waals surface area contributed by atoms with Crippen molar-refractivity contribution in [3.05, 3.63) is 107 Å². The van der Waals surface area contributed by atoms with Crippen LogP contribution in [0.4, 0.5) is 0 Å². The standard InChI is InChI=1S/C20H14N4.C14H22.Zn/c1-2-14-10-16-5-6-18(23-16)12-20-8-7-19(24-20)11-17-4-3-15(22-17)9-13(1)21-14;1-13(2,3)11-8-7-9-12(10-11)14(4,5)6;/h1-12,21-22H;7-10H,1-6H3;. The van der Waals surface area contributed by atoms with Crippen molar-refractivity contribution in [1.29, 1.82) is 0 Å². The van der Waals surface area contributed by atoms with E-state index in [2.05, 4.69) is 116 Å². The molecule has 0 amide bonds. The van der Waals surface area contributed by atoms with Gasteiger partial charge in [-0.3, -0.25) is 0 Å². The number of fused-ring (bicyclic) bond motifs is 8. The average Bonchev–Trinajstić information content (AvgIpc) is 3.65. The number of nitrogens with one attached hydrogen (secondary N) is 2. The normalized spacial score (nSPS) is 12.5. The number of nitrogens with zero attached hydrogens (tertiary/aromatic N) is 2. The molecule has 1 aromatic carbocycles. The summed E-state index contributed by atoms with van der Waals surface area (Å²) in [5.41, 5.74) is 11.2. The summed E-state index contributed by atoms with van der Waals surface area (Å²) in [6.07, 6.45) is 8.05. The van der Waals surface area contributed by atoms with E-state index in [0.717, 1.165) is 44.8 Å². The molecule has 0 atom stereocenters. The van der Waals surface area contributed by atoms with Gasteiger partial charge in [-0.1, -0.05) is 65.8 Å². The van der Waals surface area contributed by atoms with Gasteiger partial charge in [-0.2, -0.15) is 0 Å². The van der Waals surface area contributed by atoms with Crippen LogP contribution in [-0.2, 0) is 30.3 Å². The van der Waals surface area contributed by atoms with Crippen LogP contribution < -0.4 is 0 Å². The van der Waals surface area contributed by atoms with Crippen LogP contribution in [0, 0.1) is 0 Å². The van der Waals surface area contributed by atoms with Gasteiger partial charge in [-0.15, -0.1) is 0 Å². The first-order chi connectivity index (χ1) is 18.0. The van der Waals surface area contributed by atoms with Crippen LogP contribution in [0.3, 0.4) is 0 Å². The molecule has 6 rings (SSSR count). The van der Waals surface area contributed by atoms with E-state index in [4.69, 9.17) is 0 Å². The van der Waals surface area contributed by atoms with E-state index in [9.17, 15) is 0 Å². The summed E-state index contributed by atoms with van der Waals surface area (Å²) in [5, 5.41) is 0. The summed E-state index contributed by atoms with van der Waals surface area (Å²) < 4.78 is 0. The summed E-state index contributed by atoms with van der Waals surface area (Å²) in [6.45, 7) is 13.6. The fourth-order valence-corrected chi connectivity index (χ4v) is 4.40. The second-order valence-electron chi connectivity index (χ2n) is 12.0. The molecule has 0 saturated heterocycles. The summed E-state index contributed by atoms with van der Waals surface area (Å²) in [4.78, 5) is 16.0. The van der Waals surface area contributed by atoms with Crippen LogP contribution in [0.25, 0.3) is 46.4 Å². The molecule has 3 aromatic heterocycles. The number of aromatic nitrogens is 4. The van der Waals surface area contributed by atoms with Crippen molar-refractivity contribution >= 4 is 46.4 Å². The molecular weight excluding hydrogens is 530 g/mol. The van der Waals surface area contributed by atoms with Gasteiger partial charge in [0.15, 0.2) is 0 Å². The number of hydrogen-bond donors (Lipinski definition) is 2. The Bertz CT molecular complexity index is 1570. The Morgan fingerprint density at radius 3 is 1.21 bits per heavy atom. The van der Waals surface area contributed by atoms with Crippen molar-refractivity contribution in [2.75, 3.05) is 0 Å². The number of rotatable bonds is 0. The van der Waals surface area contributed by atoms with Crippen LogP contribution >= 0.6 is 0 Å². The predicted octanol–water partition coefficient (Wildman–Crippen LogP) is 8.93. The topological polar surface area (TPSA) is 57.4 Å². The van der Waals surface area contributed by atoms with Gasteiger partial charge >= 0.3 is 0 Å². The zero-order valence-electron chi connectivity index (χ0n) is 23.8. The molecule has 194 valence electrons. The number of hydrogen-bond acceptors (Lipinski definition) is 2. The van der Waals surface area contributed by atoms with Crippen LogP contribution in [-0.4, -0.2) is 19.9 Å². The summed E-state index contributed by atoms with van der Waals surface area (Å²) in [6, 6.07) is 25.3. The summed E-state index contributed by atoms with van der Waals surface area (Å²) in [7, 11) is 0. The quantitative estimate of drug-likeness (QED) is 0.181. The molecular formula is C34H36N4Zn. The summed E-state index contributed by atoms with van der Waals surface area (Å²) >= 11 is 0. The molecule has 4 nitrogen and oxygen atoms in total. The number of H-pyrrole nitrogens is 2. The van der Waals surface area contributed by atoms with Crippen LogP contribution in [0.1, 0.15) is 75.4 Å². The Morgan fingerprint density at radius 2 is 0.821 bits per heavy atom. The van der Waals surface area contributed by atoms with Gasteiger partial charge in [0.2, 0.25) is 0 Å². The maximum Gasteiger partial charge on any atom is 0.0659 e. The zero-order chi connectivity index (χ0) is 26.9. The number of aromatic amines is 2. The van der Waals surface area contributed by atoms with E-state index < -0.39 is 0 Å². The first kappa shape index (κ1) is 28.5. The molecule has 0 unspecified atom stereocenters. The first-order valence-electron chi connectivity index (χ1n) is 13.2. The van der Waals surface area contributed by atoms with Crippen molar-refractivity contribution in [3.8, 4) is 0 Å². The second kappa shape index (κ2) is 11.3. The van der Waals surface area contributed by atoms with Gasteiger partial charge in [0, 0.05) is 41.5 Å². The molecule has 0 saturated carbocycles. The zero-order valence-corrected chi connectivity index (χ0v) is 26.8. The van der Waals surface area contributed by atoms with Crippen molar-refractivity contribution in [2.24, 2.45) is 0 Å². The Labute approximate surface area is 244 Å². The average molecular weight is 566 g/mol. The third kappa shape index (κ3) is 7.31. The Hall–Kier alpha value is -3.56. The molecule has 2 aliphatic heterocycles. The van der Waals surface area contributed by atoms with Crippen molar-refractivity contribution < 1.29 is 19.5 Å². The molecule has 0 aliphatic carbocycles. The predicted molar refractivity (Wildman–Crippen MR) is 163 cm³/mol. The third-order valence-corrected chi connectivity index (χ3v) is 6.64. The van der Waals surface area contributed by atoms with Gasteiger partial charge in [-0.25, -0.2) is 9.97 Å². The molecule has 4 aromatic rings. The van der Waals surface area contributed by atoms with Gasteiger partial charge in [-0.05, 0) is 94.8 Å². The molecule has 5 heteroatoms. The van der Waals surface area contributed by atoms with E-state index in [1.54, 1.807) is 0 Å². The first-order valence-corrected chi connectivity index (χ1v) is 13.2. The maximum atomic E-state index is 4.62. The van der Waals surface area contributed by atoms with Gasteiger partial charge in [0.25, 0.3) is 0 Å². The Morgan fingerprint density at radius 1 is 0.462 bits per heavy atom. The molecule has 39 heavy (non-hydrogen) atoms. The van der Waals surface area contributed by atoms with Crippen molar-refractivity contribution in [1.82, 2.24) is 19.9 Å². The van der Waals surface area contributed by atoms with Gasteiger partial charge < -0.3 is 9.97 Å². The number of benzene rings is 1. The minimum atomic E-state index is 0. The van der Waals surface area contributed by atoms with Crippen molar-refractivity contribution in [2.45, 2.75) is 52.4 Å². The third-order valence-electron chi connectivity index (χ3n) is 6.64. The molecule has 8 bridgehead atoms. The van der Waals surface area contributed by atoms with E-state index >= 15 is 0 Å². The van der Waals surface area contributed by atoms with E-state index in [1.165, 1.54) is 11.1 Å². The fraction of sp³-hybridized carbons (Fsp3) is 0.235. The van der Waals surface area contributed by atoms with Gasteiger partial charge in [0.05, 0.1) is 22.8 Å². The van der Waals surface area contributed by atoms with E-state index in [0.29, 0.717) is 0 Å². The minimum absolute atomic E-state index is 0. The molecule has 0 spiro atoms. The molecule has 0 fully saturated rings. The largest absolute Gasteiger partial charge is 0.355 e. The van der Waals surface area contributed by atoms with Crippen LogP contribution in [0.2, 0.25) is 0 Å². The van der Waals surface area contributed by atoms with Crippen molar-refractivity contribution in [3.63, 3.8) is 0 Å². The minimum Gasteiger partial charge on any atom is -0.355 e. The Balaban J connectivity index is 0.000000204. The monoisotopic (exact) mass is 564 g/mol. The molecule has 2 N–H and O–H groups in total. The summed E-state index contributed by atoms with van der Waals surface area (Å²) in [5.74, 6) is 0. The Kier molecular flexibility index (Phi) is 8.23.